The second-order valence-corrected chi connectivity index (χ2v) is 9.89. The standard InChI is InChI=1S/C33H39N3O/c1-6-22-36(5)23-24-37-32-30(25(3)35-33(4,7-2)27-18-12-9-13-19-27)28-20-14-15-21-29(28)34-31(32)26-16-10-8-11-17-26/h8-21H,6-7,22-24H2,1-5H3. The van der Waals surface area contributed by atoms with Crippen molar-refractivity contribution in [3.05, 3.63) is 96.1 Å². The number of ether oxygens (including phenoxy) is 1. The van der Waals surface area contributed by atoms with Crippen LogP contribution < -0.4 is 4.74 Å². The van der Waals surface area contributed by atoms with E-state index in [4.69, 9.17) is 14.7 Å². The van der Waals surface area contributed by atoms with Gasteiger partial charge < -0.3 is 9.64 Å². The van der Waals surface area contributed by atoms with Gasteiger partial charge in [-0.15, -0.1) is 0 Å². The van der Waals surface area contributed by atoms with Crippen molar-refractivity contribution in [1.82, 2.24) is 9.88 Å². The third-order valence-corrected chi connectivity index (χ3v) is 7.08. The fourth-order valence-electron chi connectivity index (χ4n) is 4.85. The number of hydrogen-bond donors (Lipinski definition) is 0. The highest BCUT2D eigenvalue weighted by molar-refractivity contribution is 6.13. The molecule has 1 aromatic heterocycles. The van der Waals surface area contributed by atoms with E-state index in [1.54, 1.807) is 0 Å². The van der Waals surface area contributed by atoms with Crippen molar-refractivity contribution in [3.63, 3.8) is 0 Å². The minimum absolute atomic E-state index is 0.346. The van der Waals surface area contributed by atoms with Crippen LogP contribution >= 0.6 is 0 Å². The van der Waals surface area contributed by atoms with Gasteiger partial charge in [0.15, 0.2) is 5.75 Å². The maximum Gasteiger partial charge on any atom is 0.155 e. The average molecular weight is 494 g/mol. The van der Waals surface area contributed by atoms with E-state index in [2.05, 4.69) is 112 Å². The Morgan fingerprint density at radius 1 is 0.892 bits per heavy atom. The molecule has 0 aliphatic heterocycles. The summed E-state index contributed by atoms with van der Waals surface area (Å²) in [5, 5.41) is 1.06. The Morgan fingerprint density at radius 3 is 2.22 bits per heavy atom. The van der Waals surface area contributed by atoms with E-state index in [-0.39, 0.29) is 5.54 Å². The number of hydrogen-bond acceptors (Lipinski definition) is 4. The zero-order valence-corrected chi connectivity index (χ0v) is 22.9. The smallest absolute Gasteiger partial charge is 0.155 e. The highest BCUT2D eigenvalue weighted by Crippen LogP contribution is 2.38. The molecule has 0 bridgehead atoms. The number of nitrogens with zero attached hydrogens (tertiary/aromatic N) is 3. The Balaban J connectivity index is 1.91. The number of pyridine rings is 1. The molecule has 4 aromatic rings. The van der Waals surface area contributed by atoms with Crippen LogP contribution in [0.3, 0.4) is 0 Å². The number of aliphatic imine (C=N–C) groups is 1. The van der Waals surface area contributed by atoms with Crippen LogP contribution in [0.25, 0.3) is 22.2 Å². The lowest BCUT2D eigenvalue weighted by Crippen LogP contribution is -2.25. The van der Waals surface area contributed by atoms with Crippen LogP contribution in [0.5, 0.6) is 5.75 Å². The molecule has 37 heavy (non-hydrogen) atoms. The Morgan fingerprint density at radius 2 is 1.54 bits per heavy atom. The molecule has 0 saturated carbocycles. The van der Waals surface area contributed by atoms with Gasteiger partial charge in [-0.05, 0) is 51.9 Å². The second kappa shape index (κ2) is 12.2. The molecule has 0 saturated heterocycles. The summed E-state index contributed by atoms with van der Waals surface area (Å²) >= 11 is 0. The van der Waals surface area contributed by atoms with Crippen molar-refractivity contribution in [2.24, 2.45) is 4.99 Å². The molecule has 3 aromatic carbocycles. The molecule has 1 unspecified atom stereocenters. The summed E-state index contributed by atoms with van der Waals surface area (Å²) in [6, 6.07) is 29.2. The fourth-order valence-corrected chi connectivity index (χ4v) is 4.85. The molecule has 0 aliphatic rings. The summed E-state index contributed by atoms with van der Waals surface area (Å²) in [5.41, 5.74) is 5.70. The molecule has 1 heterocycles. The van der Waals surface area contributed by atoms with E-state index in [9.17, 15) is 0 Å². The van der Waals surface area contributed by atoms with E-state index in [1.165, 1.54) is 5.56 Å². The lowest BCUT2D eigenvalue weighted by atomic mass is 9.89. The molecular weight excluding hydrogens is 454 g/mol. The molecule has 0 aliphatic carbocycles. The number of likely N-dealkylation sites (N-methyl/N-ethyl adjacent to an activating group) is 1. The maximum atomic E-state index is 6.64. The average Bonchev–Trinajstić information content (AvgIpc) is 2.93. The summed E-state index contributed by atoms with van der Waals surface area (Å²) in [6.07, 6.45) is 2.01. The molecule has 192 valence electrons. The monoisotopic (exact) mass is 493 g/mol. The predicted molar refractivity (Wildman–Crippen MR) is 157 cm³/mol. The summed E-state index contributed by atoms with van der Waals surface area (Å²) in [6.45, 7) is 11.2. The molecule has 4 nitrogen and oxygen atoms in total. The highest BCUT2D eigenvalue weighted by atomic mass is 16.5. The molecular formula is C33H39N3O. The van der Waals surface area contributed by atoms with E-state index >= 15 is 0 Å². The number of benzene rings is 3. The summed E-state index contributed by atoms with van der Waals surface area (Å²) in [7, 11) is 2.14. The van der Waals surface area contributed by atoms with Gasteiger partial charge in [-0.25, -0.2) is 4.98 Å². The molecule has 0 amide bonds. The van der Waals surface area contributed by atoms with Crippen LogP contribution in [0, 0.1) is 0 Å². The third-order valence-electron chi connectivity index (χ3n) is 7.08. The van der Waals surface area contributed by atoms with E-state index in [1.807, 2.05) is 12.1 Å². The molecule has 0 fully saturated rings. The zero-order chi connectivity index (χ0) is 26.3. The molecule has 0 N–H and O–H groups in total. The second-order valence-electron chi connectivity index (χ2n) is 9.89. The van der Waals surface area contributed by atoms with E-state index < -0.39 is 0 Å². The minimum atomic E-state index is -0.346. The van der Waals surface area contributed by atoms with Crippen molar-refractivity contribution in [2.45, 2.75) is 46.1 Å². The molecule has 4 rings (SSSR count). The first kappa shape index (κ1) is 26.6. The van der Waals surface area contributed by atoms with Gasteiger partial charge in [-0.2, -0.15) is 0 Å². The van der Waals surface area contributed by atoms with Crippen molar-refractivity contribution < 1.29 is 4.74 Å². The van der Waals surface area contributed by atoms with Crippen LogP contribution in [0.1, 0.15) is 51.7 Å². The van der Waals surface area contributed by atoms with Crippen LogP contribution in [0.4, 0.5) is 0 Å². The third kappa shape index (κ3) is 6.08. The van der Waals surface area contributed by atoms with Gasteiger partial charge in [-0.1, -0.05) is 92.7 Å². The Bertz CT molecular complexity index is 1330. The lowest BCUT2D eigenvalue weighted by molar-refractivity contribution is 0.238. The van der Waals surface area contributed by atoms with Crippen molar-refractivity contribution >= 4 is 16.6 Å². The number of fused-ring (bicyclic) bond motifs is 1. The maximum absolute atomic E-state index is 6.64. The first-order valence-electron chi connectivity index (χ1n) is 13.4. The van der Waals surface area contributed by atoms with E-state index in [0.29, 0.717) is 6.61 Å². The van der Waals surface area contributed by atoms with Gasteiger partial charge in [0.2, 0.25) is 0 Å². The summed E-state index contributed by atoms with van der Waals surface area (Å²) < 4.78 is 6.64. The number of aromatic nitrogens is 1. The molecule has 0 spiro atoms. The van der Waals surface area contributed by atoms with Gasteiger partial charge in [-0.3, -0.25) is 4.99 Å². The fraction of sp³-hybridized carbons (Fsp3) is 0.333. The minimum Gasteiger partial charge on any atom is -0.489 e. The van der Waals surface area contributed by atoms with E-state index in [0.717, 1.165) is 65.1 Å². The normalized spacial score (nSPS) is 13.6. The number of rotatable bonds is 11. The summed E-state index contributed by atoms with van der Waals surface area (Å²) in [5.74, 6) is 0.808. The van der Waals surface area contributed by atoms with Gasteiger partial charge in [0.1, 0.15) is 12.3 Å². The topological polar surface area (TPSA) is 37.7 Å². The Kier molecular flexibility index (Phi) is 8.73. The molecule has 4 heteroatoms. The van der Waals surface area contributed by atoms with Crippen LogP contribution in [0.15, 0.2) is 89.9 Å². The van der Waals surface area contributed by atoms with Crippen LogP contribution in [0.2, 0.25) is 0 Å². The first-order chi connectivity index (χ1) is 18.0. The van der Waals surface area contributed by atoms with Gasteiger partial charge in [0, 0.05) is 28.8 Å². The van der Waals surface area contributed by atoms with Crippen molar-refractivity contribution in [3.8, 4) is 17.0 Å². The summed E-state index contributed by atoms with van der Waals surface area (Å²) in [4.78, 5) is 12.8. The highest BCUT2D eigenvalue weighted by Gasteiger charge is 2.26. The van der Waals surface area contributed by atoms with Crippen molar-refractivity contribution in [1.29, 1.82) is 0 Å². The van der Waals surface area contributed by atoms with Gasteiger partial charge in [0.25, 0.3) is 0 Å². The first-order valence-corrected chi connectivity index (χ1v) is 13.4. The molecule has 0 radical (unpaired) electrons. The Labute approximate surface area is 222 Å². The SMILES string of the molecule is CCCN(C)CCOc1c(-c2ccccc2)nc2ccccc2c1C(C)=NC(C)(CC)c1ccccc1. The van der Waals surface area contributed by atoms with Crippen LogP contribution in [-0.2, 0) is 5.54 Å². The zero-order valence-electron chi connectivity index (χ0n) is 22.9. The van der Waals surface area contributed by atoms with Gasteiger partial charge in [0.05, 0.1) is 11.1 Å². The number of para-hydroxylation sites is 1. The Hall–Kier alpha value is -3.50. The largest absolute Gasteiger partial charge is 0.489 e. The molecule has 1 atom stereocenters. The van der Waals surface area contributed by atoms with Gasteiger partial charge >= 0.3 is 0 Å². The predicted octanol–water partition coefficient (Wildman–Crippen LogP) is 7.76. The quantitative estimate of drug-likeness (QED) is 0.200. The lowest BCUT2D eigenvalue weighted by Gasteiger charge is -2.27. The van der Waals surface area contributed by atoms with Crippen LogP contribution in [-0.4, -0.2) is 42.3 Å². The van der Waals surface area contributed by atoms with Crippen molar-refractivity contribution in [2.75, 3.05) is 26.7 Å².